The molecule has 19 heavy (non-hydrogen) atoms. The van der Waals surface area contributed by atoms with Crippen LogP contribution in [0.1, 0.15) is 25.8 Å². The Bertz CT molecular complexity index is 407. The second-order valence-electron chi connectivity index (χ2n) is 5.84. The Morgan fingerprint density at radius 1 is 1.37 bits per heavy atom. The number of methoxy groups -OCH3 is 1. The minimum Gasteiger partial charge on any atom is -0.496 e. The molecule has 0 aliphatic heterocycles. The standard InChI is InChI=1S/C15H25BrN2O/c1-15(2,7-8-17)11-18(3)10-12-5-6-14(19-4)13(16)9-12/h5-6,9H,7-8,10-11,17H2,1-4H3. The van der Waals surface area contributed by atoms with Crippen LogP contribution in [0.5, 0.6) is 5.75 Å². The van der Waals surface area contributed by atoms with Gasteiger partial charge in [-0.3, -0.25) is 0 Å². The van der Waals surface area contributed by atoms with E-state index >= 15 is 0 Å². The van der Waals surface area contributed by atoms with Gasteiger partial charge in [0.1, 0.15) is 5.75 Å². The molecular weight excluding hydrogens is 304 g/mol. The molecule has 0 saturated carbocycles. The van der Waals surface area contributed by atoms with Crippen LogP contribution in [0.25, 0.3) is 0 Å². The summed E-state index contributed by atoms with van der Waals surface area (Å²) in [5.74, 6) is 0.870. The highest BCUT2D eigenvalue weighted by Gasteiger charge is 2.19. The van der Waals surface area contributed by atoms with Gasteiger partial charge in [0.25, 0.3) is 0 Å². The maximum absolute atomic E-state index is 5.66. The van der Waals surface area contributed by atoms with E-state index in [2.05, 4.69) is 53.9 Å². The number of benzene rings is 1. The molecule has 2 N–H and O–H groups in total. The van der Waals surface area contributed by atoms with Crippen molar-refractivity contribution in [3.63, 3.8) is 0 Å². The zero-order valence-electron chi connectivity index (χ0n) is 12.4. The van der Waals surface area contributed by atoms with Gasteiger partial charge in [-0.05, 0) is 59.1 Å². The highest BCUT2D eigenvalue weighted by Crippen LogP contribution is 2.27. The summed E-state index contributed by atoms with van der Waals surface area (Å²) >= 11 is 3.52. The number of nitrogens with zero attached hydrogens (tertiary/aromatic N) is 1. The van der Waals surface area contributed by atoms with Crippen LogP contribution in [0.4, 0.5) is 0 Å². The molecule has 108 valence electrons. The van der Waals surface area contributed by atoms with Crippen LogP contribution >= 0.6 is 15.9 Å². The Morgan fingerprint density at radius 2 is 2.05 bits per heavy atom. The summed E-state index contributed by atoms with van der Waals surface area (Å²) in [6.07, 6.45) is 1.05. The third kappa shape index (κ3) is 5.51. The largest absolute Gasteiger partial charge is 0.496 e. The van der Waals surface area contributed by atoms with Crippen molar-refractivity contribution in [3.05, 3.63) is 28.2 Å². The lowest BCUT2D eigenvalue weighted by atomic mass is 9.89. The first kappa shape index (κ1) is 16.5. The Hall–Kier alpha value is -0.580. The van der Waals surface area contributed by atoms with Crippen molar-refractivity contribution >= 4 is 15.9 Å². The first-order valence-electron chi connectivity index (χ1n) is 6.59. The lowest BCUT2D eigenvalue weighted by Crippen LogP contribution is -2.32. The average Bonchev–Trinajstić information content (AvgIpc) is 2.27. The molecule has 0 radical (unpaired) electrons. The minimum atomic E-state index is 0.257. The van der Waals surface area contributed by atoms with Gasteiger partial charge in [0.05, 0.1) is 11.6 Å². The number of hydrogen-bond donors (Lipinski definition) is 1. The van der Waals surface area contributed by atoms with Gasteiger partial charge in [-0.15, -0.1) is 0 Å². The molecule has 3 nitrogen and oxygen atoms in total. The van der Waals surface area contributed by atoms with E-state index in [1.807, 2.05) is 6.07 Å². The highest BCUT2D eigenvalue weighted by molar-refractivity contribution is 9.10. The summed E-state index contributed by atoms with van der Waals surface area (Å²) in [5.41, 5.74) is 7.19. The van der Waals surface area contributed by atoms with Gasteiger partial charge in [0.2, 0.25) is 0 Å². The first-order chi connectivity index (χ1) is 8.88. The molecule has 0 aromatic heterocycles. The van der Waals surface area contributed by atoms with Crippen LogP contribution < -0.4 is 10.5 Å². The zero-order chi connectivity index (χ0) is 14.5. The van der Waals surface area contributed by atoms with Crippen molar-refractivity contribution in [3.8, 4) is 5.75 Å². The van der Waals surface area contributed by atoms with E-state index in [1.165, 1.54) is 5.56 Å². The van der Waals surface area contributed by atoms with E-state index in [1.54, 1.807) is 7.11 Å². The summed E-state index contributed by atoms with van der Waals surface area (Å²) in [7, 11) is 3.83. The number of nitrogens with two attached hydrogens (primary N) is 1. The van der Waals surface area contributed by atoms with E-state index in [9.17, 15) is 0 Å². The molecule has 0 heterocycles. The fourth-order valence-corrected chi connectivity index (χ4v) is 2.96. The van der Waals surface area contributed by atoms with Gasteiger partial charge in [0, 0.05) is 13.1 Å². The summed E-state index contributed by atoms with van der Waals surface area (Å²) in [4.78, 5) is 2.34. The van der Waals surface area contributed by atoms with Gasteiger partial charge in [-0.1, -0.05) is 19.9 Å². The molecule has 0 saturated heterocycles. The van der Waals surface area contributed by atoms with E-state index < -0.39 is 0 Å². The molecule has 0 spiro atoms. The molecule has 0 aliphatic carbocycles. The Labute approximate surface area is 125 Å². The van der Waals surface area contributed by atoms with Crippen LogP contribution in [0.15, 0.2) is 22.7 Å². The molecule has 4 heteroatoms. The van der Waals surface area contributed by atoms with Gasteiger partial charge in [-0.2, -0.15) is 0 Å². The number of halogens is 1. The Kier molecular flexibility index (Phi) is 6.30. The maximum Gasteiger partial charge on any atom is 0.133 e. The second kappa shape index (κ2) is 7.27. The smallest absolute Gasteiger partial charge is 0.133 e. The molecule has 0 atom stereocenters. The van der Waals surface area contributed by atoms with Crippen LogP contribution in [0.2, 0.25) is 0 Å². The first-order valence-corrected chi connectivity index (χ1v) is 7.38. The van der Waals surface area contributed by atoms with Crippen molar-refractivity contribution in [2.45, 2.75) is 26.8 Å². The molecule has 1 rings (SSSR count). The van der Waals surface area contributed by atoms with Crippen LogP contribution in [-0.2, 0) is 6.54 Å². The van der Waals surface area contributed by atoms with Crippen molar-refractivity contribution in [1.82, 2.24) is 4.90 Å². The van der Waals surface area contributed by atoms with E-state index in [0.717, 1.165) is 36.3 Å². The van der Waals surface area contributed by atoms with Crippen molar-refractivity contribution < 1.29 is 4.74 Å². The van der Waals surface area contributed by atoms with Crippen LogP contribution in [-0.4, -0.2) is 32.1 Å². The quantitative estimate of drug-likeness (QED) is 0.834. The predicted molar refractivity (Wildman–Crippen MR) is 84.5 cm³/mol. The van der Waals surface area contributed by atoms with Gasteiger partial charge in [0.15, 0.2) is 0 Å². The van der Waals surface area contributed by atoms with E-state index in [4.69, 9.17) is 10.5 Å². The average molecular weight is 329 g/mol. The van der Waals surface area contributed by atoms with Crippen LogP contribution in [0.3, 0.4) is 0 Å². The minimum absolute atomic E-state index is 0.257. The second-order valence-corrected chi connectivity index (χ2v) is 6.70. The number of ether oxygens (including phenoxy) is 1. The fraction of sp³-hybridized carbons (Fsp3) is 0.600. The molecule has 0 bridgehead atoms. The molecule has 1 aromatic carbocycles. The molecular formula is C15H25BrN2O. The lowest BCUT2D eigenvalue weighted by Gasteiger charge is -2.30. The van der Waals surface area contributed by atoms with Gasteiger partial charge in [-0.25, -0.2) is 0 Å². The molecule has 0 unspecified atom stereocenters. The highest BCUT2D eigenvalue weighted by atomic mass is 79.9. The van der Waals surface area contributed by atoms with Crippen molar-refractivity contribution in [2.24, 2.45) is 11.1 Å². The summed E-state index contributed by atoms with van der Waals surface area (Å²) in [5, 5.41) is 0. The third-order valence-corrected chi connectivity index (χ3v) is 3.81. The molecule has 1 aromatic rings. The summed E-state index contributed by atoms with van der Waals surface area (Å²) < 4.78 is 6.25. The van der Waals surface area contributed by atoms with Crippen LogP contribution in [0, 0.1) is 5.41 Å². The van der Waals surface area contributed by atoms with Gasteiger partial charge >= 0.3 is 0 Å². The monoisotopic (exact) mass is 328 g/mol. The van der Waals surface area contributed by atoms with Crippen molar-refractivity contribution in [2.75, 3.05) is 27.2 Å². The Balaban J connectivity index is 2.62. The SMILES string of the molecule is COc1ccc(CN(C)CC(C)(C)CCN)cc1Br. The zero-order valence-corrected chi connectivity index (χ0v) is 14.0. The normalized spacial score (nSPS) is 11.9. The third-order valence-electron chi connectivity index (χ3n) is 3.19. The molecule has 0 amide bonds. The molecule has 0 aliphatic rings. The Morgan fingerprint density at radius 3 is 2.58 bits per heavy atom. The number of hydrogen-bond acceptors (Lipinski definition) is 3. The van der Waals surface area contributed by atoms with E-state index in [0.29, 0.717) is 0 Å². The summed E-state index contributed by atoms with van der Waals surface area (Å²) in [6, 6.07) is 6.22. The molecule has 0 fully saturated rings. The lowest BCUT2D eigenvalue weighted by molar-refractivity contribution is 0.195. The maximum atomic E-state index is 5.66. The van der Waals surface area contributed by atoms with Crippen molar-refractivity contribution in [1.29, 1.82) is 0 Å². The fourth-order valence-electron chi connectivity index (χ4n) is 2.38. The number of rotatable bonds is 7. The summed E-state index contributed by atoms with van der Waals surface area (Å²) in [6.45, 7) is 7.24. The van der Waals surface area contributed by atoms with E-state index in [-0.39, 0.29) is 5.41 Å². The predicted octanol–water partition coefficient (Wildman–Crippen LogP) is 3.26. The topological polar surface area (TPSA) is 38.5 Å². The van der Waals surface area contributed by atoms with Gasteiger partial charge < -0.3 is 15.4 Å².